The second-order valence-corrected chi connectivity index (χ2v) is 4.32. The zero-order chi connectivity index (χ0) is 10.1. The molecule has 0 amide bonds. The van der Waals surface area contributed by atoms with Crippen LogP contribution in [0, 0.1) is 0 Å². The van der Waals surface area contributed by atoms with Crippen molar-refractivity contribution in [3.63, 3.8) is 0 Å². The Labute approximate surface area is 85.5 Å². The number of nitrogens with one attached hydrogen (secondary N) is 1. The Hall–Kier alpha value is -1.02. The van der Waals surface area contributed by atoms with Gasteiger partial charge in [0.1, 0.15) is 0 Å². The molecule has 0 aromatic heterocycles. The van der Waals surface area contributed by atoms with Crippen molar-refractivity contribution in [3.05, 3.63) is 29.3 Å². The van der Waals surface area contributed by atoms with E-state index in [1.165, 1.54) is 16.8 Å². The molecule has 1 aliphatic rings. The maximum absolute atomic E-state index is 6.03. The van der Waals surface area contributed by atoms with Gasteiger partial charge in [0, 0.05) is 18.3 Å². The van der Waals surface area contributed by atoms with Crippen molar-refractivity contribution in [2.24, 2.45) is 5.73 Å². The summed E-state index contributed by atoms with van der Waals surface area (Å²) in [5, 5.41) is 3.41. The summed E-state index contributed by atoms with van der Waals surface area (Å²) in [5.41, 5.74) is 9.91. The molecule has 3 N–H and O–H groups in total. The van der Waals surface area contributed by atoms with Gasteiger partial charge in [-0.2, -0.15) is 0 Å². The van der Waals surface area contributed by atoms with E-state index in [9.17, 15) is 0 Å². The van der Waals surface area contributed by atoms with E-state index in [1.807, 2.05) is 0 Å². The highest BCUT2D eigenvalue weighted by atomic mass is 14.9. The Kier molecular flexibility index (Phi) is 2.46. The van der Waals surface area contributed by atoms with Crippen molar-refractivity contribution in [1.82, 2.24) is 0 Å². The SMILES string of the molecule is CC(C)c1ccc2c(c1)NCC[C@@H]2N. The third-order valence-corrected chi connectivity index (χ3v) is 2.91. The zero-order valence-electron chi connectivity index (χ0n) is 8.88. The summed E-state index contributed by atoms with van der Waals surface area (Å²) in [6.45, 7) is 5.42. The average molecular weight is 190 g/mol. The van der Waals surface area contributed by atoms with Crippen molar-refractivity contribution >= 4 is 5.69 Å². The van der Waals surface area contributed by atoms with Gasteiger partial charge in [-0.15, -0.1) is 0 Å². The van der Waals surface area contributed by atoms with E-state index in [1.54, 1.807) is 0 Å². The third-order valence-electron chi connectivity index (χ3n) is 2.91. The van der Waals surface area contributed by atoms with Gasteiger partial charge in [0.2, 0.25) is 0 Å². The second kappa shape index (κ2) is 3.62. The molecule has 1 atom stereocenters. The number of fused-ring (bicyclic) bond motifs is 1. The minimum Gasteiger partial charge on any atom is -0.385 e. The molecule has 0 aliphatic carbocycles. The lowest BCUT2D eigenvalue weighted by Crippen LogP contribution is -2.22. The van der Waals surface area contributed by atoms with Gasteiger partial charge in [-0.1, -0.05) is 26.0 Å². The average Bonchev–Trinajstić information content (AvgIpc) is 2.17. The van der Waals surface area contributed by atoms with Gasteiger partial charge in [0.25, 0.3) is 0 Å². The number of hydrogen-bond donors (Lipinski definition) is 2. The molecule has 76 valence electrons. The van der Waals surface area contributed by atoms with Gasteiger partial charge in [0.05, 0.1) is 0 Å². The van der Waals surface area contributed by atoms with Crippen LogP contribution in [0.1, 0.15) is 43.4 Å². The van der Waals surface area contributed by atoms with Crippen LogP contribution in [-0.2, 0) is 0 Å². The first-order valence-electron chi connectivity index (χ1n) is 5.32. The summed E-state index contributed by atoms with van der Waals surface area (Å²) in [6, 6.07) is 6.81. The lowest BCUT2D eigenvalue weighted by atomic mass is 9.94. The topological polar surface area (TPSA) is 38.0 Å². The van der Waals surface area contributed by atoms with E-state index in [0.29, 0.717) is 5.92 Å². The Bertz CT molecular complexity index is 331. The fourth-order valence-electron chi connectivity index (χ4n) is 1.93. The number of nitrogens with two attached hydrogens (primary N) is 1. The van der Waals surface area contributed by atoms with Crippen LogP contribution in [0.3, 0.4) is 0 Å². The minimum absolute atomic E-state index is 0.215. The van der Waals surface area contributed by atoms with Crippen molar-refractivity contribution in [2.75, 3.05) is 11.9 Å². The number of rotatable bonds is 1. The van der Waals surface area contributed by atoms with E-state index in [0.717, 1.165) is 13.0 Å². The first-order valence-corrected chi connectivity index (χ1v) is 5.32. The Morgan fingerprint density at radius 3 is 2.93 bits per heavy atom. The predicted octanol–water partition coefficient (Wildman–Crippen LogP) is 2.63. The summed E-state index contributed by atoms with van der Waals surface area (Å²) in [5.74, 6) is 0.584. The van der Waals surface area contributed by atoms with Gasteiger partial charge in [-0.3, -0.25) is 0 Å². The molecular weight excluding hydrogens is 172 g/mol. The highest BCUT2D eigenvalue weighted by Crippen LogP contribution is 2.30. The van der Waals surface area contributed by atoms with Crippen LogP contribution in [0.25, 0.3) is 0 Å². The van der Waals surface area contributed by atoms with Crippen molar-refractivity contribution in [3.8, 4) is 0 Å². The van der Waals surface area contributed by atoms with Crippen molar-refractivity contribution in [1.29, 1.82) is 0 Å². The smallest absolute Gasteiger partial charge is 0.0391 e. The van der Waals surface area contributed by atoms with E-state index in [4.69, 9.17) is 5.73 Å². The van der Waals surface area contributed by atoms with Crippen molar-refractivity contribution < 1.29 is 0 Å². The fourth-order valence-corrected chi connectivity index (χ4v) is 1.93. The molecule has 0 bridgehead atoms. The van der Waals surface area contributed by atoms with Crippen LogP contribution in [0.5, 0.6) is 0 Å². The first-order chi connectivity index (χ1) is 6.68. The normalized spacial score (nSPS) is 20.4. The number of anilines is 1. The molecule has 2 heteroatoms. The van der Waals surface area contributed by atoms with Crippen LogP contribution >= 0.6 is 0 Å². The molecule has 1 aromatic rings. The van der Waals surface area contributed by atoms with Gasteiger partial charge in [-0.05, 0) is 29.5 Å². The molecule has 0 spiro atoms. The molecule has 0 fully saturated rings. The summed E-state index contributed by atoms with van der Waals surface area (Å²) in [6.07, 6.45) is 1.04. The fraction of sp³-hybridized carbons (Fsp3) is 0.500. The quantitative estimate of drug-likeness (QED) is 0.714. The minimum atomic E-state index is 0.215. The lowest BCUT2D eigenvalue weighted by Gasteiger charge is -2.24. The highest BCUT2D eigenvalue weighted by molar-refractivity contribution is 5.56. The highest BCUT2D eigenvalue weighted by Gasteiger charge is 2.16. The Morgan fingerprint density at radius 1 is 1.43 bits per heavy atom. The van der Waals surface area contributed by atoms with E-state index >= 15 is 0 Å². The molecule has 0 radical (unpaired) electrons. The van der Waals surface area contributed by atoms with Crippen LogP contribution in [0.4, 0.5) is 5.69 Å². The summed E-state index contributed by atoms with van der Waals surface area (Å²) in [4.78, 5) is 0. The summed E-state index contributed by atoms with van der Waals surface area (Å²) >= 11 is 0. The van der Waals surface area contributed by atoms with Crippen LogP contribution < -0.4 is 11.1 Å². The lowest BCUT2D eigenvalue weighted by molar-refractivity contribution is 0.654. The molecule has 2 nitrogen and oxygen atoms in total. The zero-order valence-corrected chi connectivity index (χ0v) is 8.88. The molecule has 0 saturated carbocycles. The molecule has 0 unspecified atom stereocenters. The standard InChI is InChI=1S/C12H18N2/c1-8(2)9-3-4-10-11(13)5-6-14-12(10)7-9/h3-4,7-8,11,14H,5-6,13H2,1-2H3/t11-/m0/s1. The van der Waals surface area contributed by atoms with E-state index < -0.39 is 0 Å². The third kappa shape index (κ3) is 1.62. The second-order valence-electron chi connectivity index (χ2n) is 4.32. The van der Waals surface area contributed by atoms with Crippen LogP contribution in [0.15, 0.2) is 18.2 Å². The van der Waals surface area contributed by atoms with Gasteiger partial charge >= 0.3 is 0 Å². The van der Waals surface area contributed by atoms with Gasteiger partial charge in [-0.25, -0.2) is 0 Å². The number of hydrogen-bond acceptors (Lipinski definition) is 2. The predicted molar refractivity (Wildman–Crippen MR) is 60.6 cm³/mol. The molecule has 1 heterocycles. The molecule has 1 aliphatic heterocycles. The van der Waals surface area contributed by atoms with Crippen molar-refractivity contribution in [2.45, 2.75) is 32.2 Å². The molecule has 2 rings (SSSR count). The molecule has 1 aromatic carbocycles. The molecule has 14 heavy (non-hydrogen) atoms. The van der Waals surface area contributed by atoms with E-state index in [-0.39, 0.29) is 6.04 Å². The number of benzene rings is 1. The van der Waals surface area contributed by atoms with Crippen LogP contribution in [-0.4, -0.2) is 6.54 Å². The van der Waals surface area contributed by atoms with Gasteiger partial charge in [0.15, 0.2) is 0 Å². The molecular formula is C12H18N2. The summed E-state index contributed by atoms with van der Waals surface area (Å²) in [7, 11) is 0. The Balaban J connectivity index is 2.39. The van der Waals surface area contributed by atoms with Gasteiger partial charge < -0.3 is 11.1 Å². The largest absolute Gasteiger partial charge is 0.385 e. The monoisotopic (exact) mass is 190 g/mol. The maximum atomic E-state index is 6.03. The Morgan fingerprint density at radius 2 is 2.21 bits per heavy atom. The molecule has 0 saturated heterocycles. The van der Waals surface area contributed by atoms with E-state index in [2.05, 4.69) is 37.4 Å². The van der Waals surface area contributed by atoms with Crippen LogP contribution in [0.2, 0.25) is 0 Å². The summed E-state index contributed by atoms with van der Waals surface area (Å²) < 4.78 is 0. The first kappa shape index (κ1) is 9.53. The maximum Gasteiger partial charge on any atom is 0.0391 e.